The molecule has 2 rings (SSSR count). The van der Waals surface area contributed by atoms with Crippen LogP contribution in [0, 0.1) is 0 Å². The molecule has 0 saturated carbocycles. The van der Waals surface area contributed by atoms with Crippen molar-refractivity contribution < 1.29 is 0 Å². The second-order valence-electron chi connectivity index (χ2n) is 5.13. The van der Waals surface area contributed by atoms with Crippen molar-refractivity contribution in [2.24, 2.45) is 14.1 Å². The molecule has 0 fully saturated rings. The third kappa shape index (κ3) is 3.45. The molecule has 20 heavy (non-hydrogen) atoms. The van der Waals surface area contributed by atoms with Crippen LogP contribution in [0.3, 0.4) is 0 Å². The predicted molar refractivity (Wildman–Crippen MR) is 78.3 cm³/mol. The Morgan fingerprint density at radius 3 is 2.60 bits per heavy atom. The van der Waals surface area contributed by atoms with Gasteiger partial charge < -0.3 is 5.32 Å². The summed E-state index contributed by atoms with van der Waals surface area (Å²) in [7, 11) is 3.90. The summed E-state index contributed by atoms with van der Waals surface area (Å²) < 4.78 is 3.72. The van der Waals surface area contributed by atoms with E-state index in [0.717, 1.165) is 37.2 Å². The Labute approximate surface area is 120 Å². The number of hydrogen-bond acceptors (Lipinski definition) is 4. The molecule has 0 amide bonds. The Morgan fingerprint density at radius 1 is 1.25 bits per heavy atom. The molecular weight excluding hydrogens is 252 g/mol. The van der Waals surface area contributed by atoms with Gasteiger partial charge in [0.15, 0.2) is 0 Å². The molecule has 6 nitrogen and oxygen atoms in total. The normalized spacial score (nSPS) is 12.8. The third-order valence-corrected chi connectivity index (χ3v) is 3.39. The van der Waals surface area contributed by atoms with Gasteiger partial charge >= 0.3 is 0 Å². The summed E-state index contributed by atoms with van der Waals surface area (Å²) in [5.41, 5.74) is 3.34. The first-order valence-electron chi connectivity index (χ1n) is 7.25. The van der Waals surface area contributed by atoms with Crippen LogP contribution in [-0.4, -0.2) is 31.3 Å². The quantitative estimate of drug-likeness (QED) is 0.830. The molecule has 0 spiro atoms. The molecule has 0 bridgehead atoms. The number of nitrogens with zero attached hydrogens (tertiary/aromatic N) is 5. The Kier molecular flexibility index (Phi) is 4.89. The van der Waals surface area contributed by atoms with Crippen molar-refractivity contribution in [3.05, 3.63) is 29.3 Å². The first-order valence-corrected chi connectivity index (χ1v) is 7.25. The number of nitrogens with one attached hydrogen (secondary N) is 1. The topological polar surface area (TPSA) is 60.6 Å². The molecule has 2 aromatic rings. The maximum absolute atomic E-state index is 4.54. The fourth-order valence-electron chi connectivity index (χ4n) is 2.34. The third-order valence-electron chi connectivity index (χ3n) is 3.39. The van der Waals surface area contributed by atoms with E-state index in [1.165, 1.54) is 5.69 Å². The molecule has 0 aliphatic rings. The van der Waals surface area contributed by atoms with E-state index in [0.29, 0.717) is 0 Å². The van der Waals surface area contributed by atoms with Crippen LogP contribution in [0.2, 0.25) is 0 Å². The van der Waals surface area contributed by atoms with Gasteiger partial charge in [0.1, 0.15) is 0 Å². The molecule has 0 aliphatic heterocycles. The average molecular weight is 276 g/mol. The summed E-state index contributed by atoms with van der Waals surface area (Å²) in [4.78, 5) is 0. The monoisotopic (exact) mass is 276 g/mol. The van der Waals surface area contributed by atoms with Crippen LogP contribution in [0.1, 0.15) is 43.4 Å². The fraction of sp³-hybridized carbons (Fsp3) is 0.643. The Morgan fingerprint density at radius 2 is 2.05 bits per heavy atom. The molecule has 2 aromatic heterocycles. The van der Waals surface area contributed by atoms with Gasteiger partial charge in [-0.05, 0) is 25.5 Å². The molecule has 1 N–H and O–H groups in total. The number of hydrogen-bond donors (Lipinski definition) is 1. The highest BCUT2D eigenvalue weighted by molar-refractivity contribution is 5.16. The first kappa shape index (κ1) is 14.7. The van der Waals surface area contributed by atoms with Crippen LogP contribution < -0.4 is 5.32 Å². The van der Waals surface area contributed by atoms with Gasteiger partial charge in [0.25, 0.3) is 0 Å². The molecule has 6 heteroatoms. The van der Waals surface area contributed by atoms with Gasteiger partial charge in [0.05, 0.1) is 23.1 Å². The molecule has 0 saturated heterocycles. The second kappa shape index (κ2) is 6.65. The fourth-order valence-corrected chi connectivity index (χ4v) is 2.34. The SMILES string of the molecule is CCCNC(Cc1cn(C)nn1)c1cc(CC)nn1C. The lowest BCUT2D eigenvalue weighted by Gasteiger charge is -2.17. The van der Waals surface area contributed by atoms with Crippen LogP contribution in [0.4, 0.5) is 0 Å². The first-order chi connectivity index (χ1) is 9.63. The van der Waals surface area contributed by atoms with Gasteiger partial charge in [-0.25, -0.2) is 0 Å². The summed E-state index contributed by atoms with van der Waals surface area (Å²) in [5, 5.41) is 16.3. The van der Waals surface area contributed by atoms with Crippen molar-refractivity contribution >= 4 is 0 Å². The molecule has 0 aromatic carbocycles. The van der Waals surface area contributed by atoms with E-state index >= 15 is 0 Å². The number of rotatable bonds is 7. The molecule has 0 aliphatic carbocycles. The zero-order valence-electron chi connectivity index (χ0n) is 12.8. The zero-order valence-corrected chi connectivity index (χ0v) is 12.8. The van der Waals surface area contributed by atoms with Crippen molar-refractivity contribution in [2.75, 3.05) is 6.54 Å². The summed E-state index contributed by atoms with van der Waals surface area (Å²) in [6.45, 7) is 5.29. The highest BCUT2D eigenvalue weighted by atomic mass is 15.4. The maximum atomic E-state index is 4.54. The lowest BCUT2D eigenvalue weighted by atomic mass is 10.1. The molecule has 0 radical (unpaired) electrons. The Hall–Kier alpha value is -1.69. The number of aryl methyl sites for hydroxylation is 3. The van der Waals surface area contributed by atoms with E-state index in [4.69, 9.17) is 0 Å². The van der Waals surface area contributed by atoms with E-state index in [1.54, 1.807) is 4.68 Å². The van der Waals surface area contributed by atoms with Crippen molar-refractivity contribution in [2.45, 2.75) is 39.2 Å². The van der Waals surface area contributed by atoms with Gasteiger partial charge in [-0.1, -0.05) is 19.1 Å². The average Bonchev–Trinajstić information content (AvgIpc) is 3.00. The van der Waals surface area contributed by atoms with Crippen LogP contribution in [-0.2, 0) is 26.9 Å². The minimum Gasteiger partial charge on any atom is -0.308 e. The van der Waals surface area contributed by atoms with Crippen LogP contribution in [0.15, 0.2) is 12.3 Å². The van der Waals surface area contributed by atoms with Gasteiger partial charge in [-0.15, -0.1) is 5.10 Å². The molecule has 2 heterocycles. The van der Waals surface area contributed by atoms with Crippen molar-refractivity contribution in [3.63, 3.8) is 0 Å². The molecule has 1 unspecified atom stereocenters. The molecular formula is C14H24N6. The summed E-state index contributed by atoms with van der Waals surface area (Å²) in [6, 6.07) is 2.41. The van der Waals surface area contributed by atoms with Crippen molar-refractivity contribution in [3.8, 4) is 0 Å². The minimum atomic E-state index is 0.226. The van der Waals surface area contributed by atoms with Gasteiger partial charge in [-0.3, -0.25) is 9.36 Å². The summed E-state index contributed by atoms with van der Waals surface area (Å²) in [6.07, 6.45) is 4.86. The highest BCUT2D eigenvalue weighted by Gasteiger charge is 2.18. The van der Waals surface area contributed by atoms with E-state index in [2.05, 4.69) is 40.6 Å². The van der Waals surface area contributed by atoms with E-state index in [-0.39, 0.29) is 6.04 Å². The standard InChI is InChI=1S/C14H24N6/c1-5-7-15-13(8-12-10-19(3)18-16-12)14-9-11(6-2)17-20(14)4/h9-10,13,15H,5-8H2,1-4H3. The van der Waals surface area contributed by atoms with Gasteiger partial charge in [0, 0.05) is 26.7 Å². The molecule has 110 valence electrons. The van der Waals surface area contributed by atoms with Crippen molar-refractivity contribution in [1.29, 1.82) is 0 Å². The smallest absolute Gasteiger partial charge is 0.0846 e. The lowest BCUT2D eigenvalue weighted by molar-refractivity contribution is 0.489. The number of aromatic nitrogens is 5. The lowest BCUT2D eigenvalue weighted by Crippen LogP contribution is -2.26. The van der Waals surface area contributed by atoms with E-state index in [1.807, 2.05) is 25.0 Å². The zero-order chi connectivity index (χ0) is 14.5. The second-order valence-corrected chi connectivity index (χ2v) is 5.13. The maximum Gasteiger partial charge on any atom is 0.0846 e. The molecule has 1 atom stereocenters. The van der Waals surface area contributed by atoms with Crippen LogP contribution in [0.25, 0.3) is 0 Å². The minimum absolute atomic E-state index is 0.226. The van der Waals surface area contributed by atoms with E-state index in [9.17, 15) is 0 Å². The highest BCUT2D eigenvalue weighted by Crippen LogP contribution is 2.18. The van der Waals surface area contributed by atoms with E-state index < -0.39 is 0 Å². The van der Waals surface area contributed by atoms with Crippen LogP contribution in [0.5, 0.6) is 0 Å². The predicted octanol–water partition coefficient (Wildman–Crippen LogP) is 1.39. The largest absolute Gasteiger partial charge is 0.308 e. The van der Waals surface area contributed by atoms with Crippen molar-refractivity contribution in [1.82, 2.24) is 30.1 Å². The van der Waals surface area contributed by atoms with Gasteiger partial charge in [-0.2, -0.15) is 5.10 Å². The Balaban J connectivity index is 2.19. The Bertz CT molecular complexity index is 542. The van der Waals surface area contributed by atoms with Gasteiger partial charge in [0.2, 0.25) is 0 Å². The van der Waals surface area contributed by atoms with Crippen LogP contribution >= 0.6 is 0 Å². The summed E-state index contributed by atoms with van der Waals surface area (Å²) >= 11 is 0. The summed E-state index contributed by atoms with van der Waals surface area (Å²) in [5.74, 6) is 0.